The molecule has 0 spiro atoms. The average Bonchev–Trinajstić information content (AvgIpc) is 1.99. The normalized spacial score (nSPS) is 9.67. The highest BCUT2D eigenvalue weighted by molar-refractivity contribution is 7.85. The Bertz CT molecular complexity index is 302. The van der Waals surface area contributed by atoms with Crippen LogP contribution in [0.5, 0.6) is 0 Å². The second kappa shape index (κ2) is 7.94. The highest BCUT2D eigenvalue weighted by Crippen LogP contribution is 1.86. The van der Waals surface area contributed by atoms with E-state index in [1.165, 1.54) is 0 Å². The highest BCUT2D eigenvalue weighted by Gasteiger charge is 2.00. The van der Waals surface area contributed by atoms with Gasteiger partial charge in [-0.05, 0) is 0 Å². The van der Waals surface area contributed by atoms with Crippen molar-refractivity contribution in [1.82, 2.24) is 0 Å². The van der Waals surface area contributed by atoms with E-state index in [1.54, 1.807) is 0 Å². The van der Waals surface area contributed by atoms with Crippen molar-refractivity contribution in [3.8, 4) is 0 Å². The minimum atomic E-state index is -3.79. The van der Waals surface area contributed by atoms with Crippen LogP contribution < -0.4 is 0 Å². The molecule has 0 aliphatic carbocycles. The lowest BCUT2D eigenvalue weighted by atomic mass is 10.3. The third-order valence-corrected chi connectivity index (χ3v) is 1.54. The first-order valence-corrected chi connectivity index (χ1v) is 5.29. The molecule has 0 aliphatic rings. The van der Waals surface area contributed by atoms with Crippen LogP contribution in [0.4, 0.5) is 0 Å². The van der Waals surface area contributed by atoms with Gasteiger partial charge >= 0.3 is 11.9 Å². The van der Waals surface area contributed by atoms with Crippen LogP contribution in [0.2, 0.25) is 0 Å². The van der Waals surface area contributed by atoms with Gasteiger partial charge in [0.15, 0.2) is 0 Å². The van der Waals surface area contributed by atoms with Gasteiger partial charge in [-0.1, -0.05) is 6.08 Å². The van der Waals surface area contributed by atoms with Gasteiger partial charge in [0, 0.05) is 0 Å². The van der Waals surface area contributed by atoms with Crippen molar-refractivity contribution in [2.24, 2.45) is 0 Å². The van der Waals surface area contributed by atoms with Gasteiger partial charge in [-0.25, -0.2) is 0 Å². The van der Waals surface area contributed by atoms with Gasteiger partial charge in [0.05, 0.1) is 18.6 Å². The SMILES string of the molecule is C=CCS(=O)(=O)O.O=C(O)CCC(=O)O. The van der Waals surface area contributed by atoms with Crippen molar-refractivity contribution in [2.75, 3.05) is 5.75 Å². The maximum atomic E-state index is 9.72. The number of carboxylic acid groups (broad SMARTS) is 2. The van der Waals surface area contributed by atoms with Crippen molar-refractivity contribution in [1.29, 1.82) is 0 Å². The van der Waals surface area contributed by atoms with Crippen LogP contribution in [-0.2, 0) is 19.7 Å². The maximum Gasteiger partial charge on any atom is 0.303 e. The van der Waals surface area contributed by atoms with E-state index in [0.717, 1.165) is 6.08 Å². The molecule has 0 heterocycles. The summed E-state index contributed by atoms with van der Waals surface area (Å²) in [6.45, 7) is 3.11. The lowest BCUT2D eigenvalue weighted by molar-refractivity contribution is -0.143. The van der Waals surface area contributed by atoms with E-state index in [-0.39, 0.29) is 18.6 Å². The van der Waals surface area contributed by atoms with Gasteiger partial charge in [0.25, 0.3) is 10.1 Å². The molecule has 15 heavy (non-hydrogen) atoms. The summed E-state index contributed by atoms with van der Waals surface area (Å²) in [4.78, 5) is 19.3. The fourth-order valence-electron chi connectivity index (χ4n) is 0.363. The topological polar surface area (TPSA) is 129 Å². The molecule has 8 heteroatoms. The zero-order valence-corrected chi connectivity index (χ0v) is 8.61. The van der Waals surface area contributed by atoms with Gasteiger partial charge in [0.2, 0.25) is 0 Å². The van der Waals surface area contributed by atoms with Crippen LogP contribution in [0.25, 0.3) is 0 Å². The summed E-state index contributed by atoms with van der Waals surface area (Å²) in [5.41, 5.74) is 0. The molecule has 0 saturated heterocycles. The van der Waals surface area contributed by atoms with Crippen LogP contribution in [0.15, 0.2) is 12.7 Å². The minimum absolute atomic E-state index is 0.296. The lowest BCUT2D eigenvalue weighted by Gasteiger charge is -1.85. The molecule has 0 bridgehead atoms. The standard InChI is InChI=1S/C4H6O4.C3H6O3S/c5-3(6)1-2-4(7)8;1-2-3-7(4,5)6/h1-2H2,(H,5,6)(H,7,8);2H,1,3H2,(H,4,5,6). The number of rotatable bonds is 5. The molecule has 88 valence electrons. The van der Waals surface area contributed by atoms with Crippen molar-refractivity contribution in [3.05, 3.63) is 12.7 Å². The molecule has 0 unspecified atom stereocenters. The summed E-state index contributed by atoms with van der Waals surface area (Å²) in [6.07, 6.45) is 0.528. The van der Waals surface area contributed by atoms with E-state index in [9.17, 15) is 18.0 Å². The molecule has 0 saturated carbocycles. The molecule has 0 aromatic carbocycles. The lowest BCUT2D eigenvalue weighted by Crippen LogP contribution is -2.00. The Morgan fingerprint density at radius 3 is 1.53 bits per heavy atom. The van der Waals surface area contributed by atoms with Gasteiger partial charge in [-0.3, -0.25) is 14.1 Å². The van der Waals surface area contributed by atoms with Crippen molar-refractivity contribution >= 4 is 22.1 Å². The third-order valence-electron chi connectivity index (χ3n) is 0.881. The molecule has 0 atom stereocenters. The Kier molecular flexibility index (Phi) is 8.49. The Hall–Kier alpha value is -1.41. The molecule has 7 nitrogen and oxygen atoms in total. The molecule has 0 radical (unpaired) electrons. The first-order chi connectivity index (χ1) is 6.69. The van der Waals surface area contributed by atoms with Crippen molar-refractivity contribution < 1.29 is 32.8 Å². The van der Waals surface area contributed by atoms with Crippen LogP contribution >= 0.6 is 0 Å². The Labute approximate surface area is 86.8 Å². The maximum absolute atomic E-state index is 9.72. The molecular weight excluding hydrogens is 228 g/mol. The van der Waals surface area contributed by atoms with Crippen molar-refractivity contribution in [3.63, 3.8) is 0 Å². The van der Waals surface area contributed by atoms with Gasteiger partial charge < -0.3 is 10.2 Å². The number of carboxylic acids is 2. The van der Waals surface area contributed by atoms with Crippen LogP contribution in [-0.4, -0.2) is 40.9 Å². The quantitative estimate of drug-likeness (QED) is 0.455. The molecule has 0 fully saturated rings. The number of aliphatic carboxylic acids is 2. The predicted octanol–water partition coefficient (Wildman–Crippen LogP) is -0.00400. The summed E-state index contributed by atoms with van der Waals surface area (Å²) < 4.78 is 27.3. The average molecular weight is 240 g/mol. The first kappa shape index (κ1) is 16.0. The molecule has 0 amide bonds. The molecule has 0 aromatic heterocycles. The number of hydrogen-bond donors (Lipinski definition) is 3. The number of carbonyl (C=O) groups is 2. The second-order valence-electron chi connectivity index (χ2n) is 2.32. The molecule has 0 aliphatic heterocycles. The van der Waals surface area contributed by atoms with E-state index in [1.807, 2.05) is 0 Å². The van der Waals surface area contributed by atoms with Crippen molar-refractivity contribution in [2.45, 2.75) is 12.8 Å². The van der Waals surface area contributed by atoms with E-state index >= 15 is 0 Å². The third kappa shape index (κ3) is 24.5. The fraction of sp³-hybridized carbons (Fsp3) is 0.429. The largest absolute Gasteiger partial charge is 0.481 e. The summed E-state index contributed by atoms with van der Waals surface area (Å²) in [7, 11) is -3.79. The van der Waals surface area contributed by atoms with E-state index in [2.05, 4.69) is 6.58 Å². The molecule has 3 N–H and O–H groups in total. The Morgan fingerprint density at radius 1 is 1.13 bits per heavy atom. The van der Waals surface area contributed by atoms with E-state index in [4.69, 9.17) is 14.8 Å². The highest BCUT2D eigenvalue weighted by atomic mass is 32.2. The van der Waals surface area contributed by atoms with Gasteiger partial charge in [0.1, 0.15) is 0 Å². The monoisotopic (exact) mass is 240 g/mol. The Balaban J connectivity index is 0. The second-order valence-corrected chi connectivity index (χ2v) is 3.82. The fourth-order valence-corrected chi connectivity index (χ4v) is 0.661. The van der Waals surface area contributed by atoms with E-state index in [0.29, 0.717) is 0 Å². The summed E-state index contributed by atoms with van der Waals surface area (Å²) in [5, 5.41) is 15.8. The first-order valence-electron chi connectivity index (χ1n) is 3.68. The van der Waals surface area contributed by atoms with Gasteiger partial charge in [-0.15, -0.1) is 6.58 Å². The van der Waals surface area contributed by atoms with Crippen LogP contribution in [0, 0.1) is 0 Å². The predicted molar refractivity (Wildman–Crippen MR) is 51.1 cm³/mol. The smallest absolute Gasteiger partial charge is 0.303 e. The Morgan fingerprint density at radius 2 is 1.47 bits per heavy atom. The van der Waals surface area contributed by atoms with Crippen LogP contribution in [0.1, 0.15) is 12.8 Å². The van der Waals surface area contributed by atoms with Gasteiger partial charge in [-0.2, -0.15) is 8.42 Å². The zero-order valence-electron chi connectivity index (χ0n) is 7.79. The minimum Gasteiger partial charge on any atom is -0.481 e. The zero-order chi connectivity index (χ0) is 12.5. The summed E-state index contributed by atoms with van der Waals surface area (Å²) in [5.74, 6) is -2.52. The summed E-state index contributed by atoms with van der Waals surface area (Å²) >= 11 is 0. The molecule has 0 aromatic rings. The van der Waals surface area contributed by atoms with Crippen LogP contribution in [0.3, 0.4) is 0 Å². The summed E-state index contributed by atoms with van der Waals surface area (Å²) in [6, 6.07) is 0. The molecular formula is C7H12O7S. The number of hydrogen-bond acceptors (Lipinski definition) is 4. The molecule has 0 rings (SSSR count). The van der Waals surface area contributed by atoms with E-state index < -0.39 is 22.1 Å².